The van der Waals surface area contributed by atoms with Crippen molar-refractivity contribution >= 4 is 29.9 Å². The first-order valence-electron chi connectivity index (χ1n) is 10.7. The zero-order valence-electron chi connectivity index (χ0n) is 18.4. The van der Waals surface area contributed by atoms with Gasteiger partial charge in [0, 0.05) is 26.1 Å². The monoisotopic (exact) mass is 522 g/mol. The molecule has 30 heavy (non-hydrogen) atoms. The summed E-state index contributed by atoms with van der Waals surface area (Å²) in [6, 6.07) is 15.2. The van der Waals surface area contributed by atoms with Gasteiger partial charge in [0.2, 0.25) is 0 Å². The number of fused-ring (bicyclic) bond motifs is 1. The van der Waals surface area contributed by atoms with Gasteiger partial charge in [-0.25, -0.2) is 4.99 Å². The third-order valence-electron chi connectivity index (χ3n) is 5.21. The highest BCUT2D eigenvalue weighted by atomic mass is 127. The molecule has 1 aliphatic rings. The Hall–Kier alpha value is -1.80. The van der Waals surface area contributed by atoms with Crippen LogP contribution in [0.1, 0.15) is 36.1 Å². The predicted molar refractivity (Wildman–Crippen MR) is 136 cm³/mol. The van der Waals surface area contributed by atoms with Gasteiger partial charge in [-0.05, 0) is 55.3 Å². The van der Waals surface area contributed by atoms with Gasteiger partial charge in [0.25, 0.3) is 0 Å². The van der Waals surface area contributed by atoms with Crippen LogP contribution in [0.5, 0.6) is 5.75 Å². The van der Waals surface area contributed by atoms with Crippen LogP contribution in [0.4, 0.5) is 0 Å². The highest BCUT2D eigenvalue weighted by Gasteiger charge is 2.11. The van der Waals surface area contributed by atoms with Gasteiger partial charge < -0.3 is 20.3 Å². The number of guanidine groups is 1. The molecule has 2 aromatic rings. The summed E-state index contributed by atoms with van der Waals surface area (Å²) in [6.45, 7) is 9.49. The first-order chi connectivity index (χ1) is 14.2. The van der Waals surface area contributed by atoms with Crippen LogP contribution in [0, 0.1) is 0 Å². The maximum Gasteiger partial charge on any atom is 0.191 e. The second-order valence-corrected chi connectivity index (χ2v) is 7.56. The van der Waals surface area contributed by atoms with Crippen LogP contribution < -0.4 is 15.4 Å². The average molecular weight is 522 g/mol. The first kappa shape index (κ1) is 24.5. The fourth-order valence-electron chi connectivity index (χ4n) is 3.48. The van der Waals surface area contributed by atoms with Gasteiger partial charge in [-0.3, -0.25) is 0 Å². The van der Waals surface area contributed by atoms with Crippen LogP contribution >= 0.6 is 24.0 Å². The molecule has 1 heterocycles. The molecule has 0 amide bonds. The van der Waals surface area contributed by atoms with Crippen molar-refractivity contribution in [2.24, 2.45) is 4.99 Å². The van der Waals surface area contributed by atoms with Gasteiger partial charge >= 0.3 is 0 Å². The Bertz CT molecular complexity index is 825. The summed E-state index contributed by atoms with van der Waals surface area (Å²) in [5.41, 5.74) is 5.24. The highest BCUT2D eigenvalue weighted by Crippen LogP contribution is 2.25. The van der Waals surface area contributed by atoms with Crippen LogP contribution in [0.3, 0.4) is 0 Å². The van der Waals surface area contributed by atoms with Crippen LogP contribution in [-0.4, -0.2) is 44.1 Å². The summed E-state index contributed by atoms with van der Waals surface area (Å²) in [4.78, 5) is 7.08. The van der Waals surface area contributed by atoms with E-state index < -0.39 is 0 Å². The molecule has 0 atom stereocenters. The van der Waals surface area contributed by atoms with Crippen molar-refractivity contribution in [3.8, 4) is 5.75 Å². The number of aliphatic imine (C=N–C) groups is 1. The minimum absolute atomic E-state index is 0. The minimum Gasteiger partial charge on any atom is -0.493 e. The molecule has 6 heteroatoms. The number of hydrogen-bond donors (Lipinski definition) is 2. The Morgan fingerprint density at radius 3 is 2.70 bits per heavy atom. The van der Waals surface area contributed by atoms with Crippen molar-refractivity contribution in [2.45, 2.75) is 39.8 Å². The lowest BCUT2D eigenvalue weighted by atomic mass is 10.1. The lowest BCUT2D eigenvalue weighted by Crippen LogP contribution is -2.38. The van der Waals surface area contributed by atoms with Crippen molar-refractivity contribution in [3.05, 3.63) is 64.7 Å². The maximum absolute atomic E-state index is 5.59. The molecule has 0 bridgehead atoms. The van der Waals surface area contributed by atoms with E-state index in [1.165, 1.54) is 22.3 Å². The van der Waals surface area contributed by atoms with Crippen LogP contribution in [0.25, 0.3) is 0 Å². The van der Waals surface area contributed by atoms with E-state index in [0.717, 1.165) is 57.3 Å². The lowest BCUT2D eigenvalue weighted by Gasteiger charge is -2.14. The Kier molecular flexibility index (Phi) is 10.4. The summed E-state index contributed by atoms with van der Waals surface area (Å²) >= 11 is 0. The molecule has 5 nitrogen and oxygen atoms in total. The molecule has 2 aromatic carbocycles. The van der Waals surface area contributed by atoms with Crippen molar-refractivity contribution in [3.63, 3.8) is 0 Å². The molecule has 0 aliphatic carbocycles. The van der Waals surface area contributed by atoms with E-state index in [9.17, 15) is 0 Å². The average Bonchev–Trinajstić information content (AvgIpc) is 3.20. The minimum atomic E-state index is 0. The first-order valence-corrected chi connectivity index (χ1v) is 10.7. The molecule has 0 aromatic heterocycles. The third-order valence-corrected chi connectivity index (χ3v) is 5.21. The molecule has 2 N–H and O–H groups in total. The molecule has 1 aliphatic heterocycles. The molecule has 0 saturated heterocycles. The predicted octanol–water partition coefficient (Wildman–Crippen LogP) is 3.99. The molecule has 0 saturated carbocycles. The van der Waals surface area contributed by atoms with E-state index >= 15 is 0 Å². The van der Waals surface area contributed by atoms with Gasteiger partial charge in [0.05, 0.1) is 13.2 Å². The van der Waals surface area contributed by atoms with Gasteiger partial charge in [-0.2, -0.15) is 0 Å². The number of halogens is 1. The fourth-order valence-corrected chi connectivity index (χ4v) is 3.48. The van der Waals surface area contributed by atoms with E-state index in [2.05, 4.69) is 78.9 Å². The largest absolute Gasteiger partial charge is 0.493 e. The molecule has 0 spiro atoms. The standard InChI is InChI=1S/C24H34N4O.HI/c1-4-25-24(26-13-11-19-9-10-23-22(16-19)12-14-29-23)27-17-20-7-6-8-21(15-20)18-28(3)5-2;/h6-10,15-16H,4-5,11-14,17-18H2,1-3H3,(H2,25,26,27);1H. The van der Waals surface area contributed by atoms with Gasteiger partial charge in [0.1, 0.15) is 5.75 Å². The van der Waals surface area contributed by atoms with Crippen LogP contribution in [-0.2, 0) is 25.9 Å². The normalized spacial score (nSPS) is 12.9. The summed E-state index contributed by atoms with van der Waals surface area (Å²) in [7, 11) is 2.14. The zero-order valence-corrected chi connectivity index (χ0v) is 20.7. The van der Waals surface area contributed by atoms with Crippen molar-refractivity contribution in [1.82, 2.24) is 15.5 Å². The number of hydrogen-bond acceptors (Lipinski definition) is 3. The van der Waals surface area contributed by atoms with Crippen LogP contribution in [0.15, 0.2) is 47.5 Å². The van der Waals surface area contributed by atoms with Gasteiger partial charge in [0.15, 0.2) is 5.96 Å². The van der Waals surface area contributed by atoms with E-state index in [1.54, 1.807) is 0 Å². The van der Waals surface area contributed by atoms with E-state index in [0.29, 0.717) is 6.54 Å². The second-order valence-electron chi connectivity index (χ2n) is 7.56. The van der Waals surface area contributed by atoms with E-state index in [-0.39, 0.29) is 24.0 Å². The van der Waals surface area contributed by atoms with Crippen molar-refractivity contribution in [1.29, 1.82) is 0 Å². The Morgan fingerprint density at radius 1 is 1.07 bits per heavy atom. The molecule has 0 unspecified atom stereocenters. The van der Waals surface area contributed by atoms with E-state index in [1.807, 2.05) is 0 Å². The smallest absolute Gasteiger partial charge is 0.191 e. The topological polar surface area (TPSA) is 48.9 Å². The summed E-state index contributed by atoms with van der Waals surface area (Å²) in [5, 5.41) is 6.81. The lowest BCUT2D eigenvalue weighted by molar-refractivity contribution is 0.345. The second kappa shape index (κ2) is 12.8. The molecule has 0 radical (unpaired) electrons. The summed E-state index contributed by atoms with van der Waals surface area (Å²) in [6.07, 6.45) is 1.99. The zero-order chi connectivity index (χ0) is 20.5. The van der Waals surface area contributed by atoms with Crippen LogP contribution in [0.2, 0.25) is 0 Å². The van der Waals surface area contributed by atoms with Crippen molar-refractivity contribution in [2.75, 3.05) is 33.3 Å². The van der Waals surface area contributed by atoms with Gasteiger partial charge in [-0.1, -0.05) is 43.3 Å². The summed E-state index contributed by atoms with van der Waals surface area (Å²) in [5.74, 6) is 1.91. The molecule has 164 valence electrons. The number of nitrogens with one attached hydrogen (secondary N) is 2. The van der Waals surface area contributed by atoms with E-state index in [4.69, 9.17) is 9.73 Å². The molecular formula is C24H35IN4O. The molecule has 3 rings (SSSR count). The number of rotatable bonds is 9. The third kappa shape index (κ3) is 7.47. The quantitative estimate of drug-likeness (QED) is 0.297. The Morgan fingerprint density at radius 2 is 1.90 bits per heavy atom. The van der Waals surface area contributed by atoms with Gasteiger partial charge in [-0.15, -0.1) is 24.0 Å². The number of benzene rings is 2. The fraction of sp³-hybridized carbons (Fsp3) is 0.458. The molecular weight excluding hydrogens is 487 g/mol. The SMILES string of the molecule is CCNC(=NCc1cccc(CN(C)CC)c1)NCCc1ccc2c(c1)CCO2.I. The highest BCUT2D eigenvalue weighted by molar-refractivity contribution is 14.0. The summed E-state index contributed by atoms with van der Waals surface area (Å²) < 4.78 is 5.59. The van der Waals surface area contributed by atoms with Crippen molar-refractivity contribution < 1.29 is 4.74 Å². The molecule has 0 fully saturated rings. The Labute approximate surface area is 198 Å². The number of nitrogens with zero attached hydrogens (tertiary/aromatic N) is 2. The Balaban J connectivity index is 0.00000320. The number of ether oxygens (including phenoxy) is 1. The maximum atomic E-state index is 5.59.